The van der Waals surface area contributed by atoms with E-state index in [0.717, 1.165) is 24.8 Å². The zero-order chi connectivity index (χ0) is 20.0. The van der Waals surface area contributed by atoms with Crippen molar-refractivity contribution in [1.82, 2.24) is 9.21 Å². The van der Waals surface area contributed by atoms with Gasteiger partial charge >= 0.3 is 6.09 Å². The number of sulfonamides is 1. The van der Waals surface area contributed by atoms with Gasteiger partial charge in [-0.1, -0.05) is 37.3 Å². The summed E-state index contributed by atoms with van der Waals surface area (Å²) in [5.74, 6) is -0.0615. The minimum absolute atomic E-state index is 0.0229. The maximum Gasteiger partial charge on any atom is 0.410 e. The van der Waals surface area contributed by atoms with Crippen LogP contribution in [0.2, 0.25) is 0 Å². The molecule has 2 atom stereocenters. The van der Waals surface area contributed by atoms with E-state index in [0.29, 0.717) is 32.7 Å². The lowest BCUT2D eigenvalue weighted by Crippen LogP contribution is -2.45. The second-order valence-electron chi connectivity index (χ2n) is 7.39. The van der Waals surface area contributed by atoms with E-state index < -0.39 is 16.1 Å². The number of benzene rings is 1. The highest BCUT2D eigenvalue weighted by Crippen LogP contribution is 2.23. The summed E-state index contributed by atoms with van der Waals surface area (Å²) in [6, 6.07) is 9.13. The molecule has 0 aliphatic carbocycles. The zero-order valence-corrected chi connectivity index (χ0v) is 17.3. The van der Waals surface area contributed by atoms with Crippen molar-refractivity contribution in [3.8, 4) is 0 Å². The van der Waals surface area contributed by atoms with Gasteiger partial charge in [0.15, 0.2) is 0 Å². The highest BCUT2D eigenvalue weighted by atomic mass is 32.2. The van der Waals surface area contributed by atoms with E-state index in [9.17, 15) is 13.2 Å². The van der Waals surface area contributed by atoms with Crippen molar-refractivity contribution in [3.63, 3.8) is 0 Å². The summed E-state index contributed by atoms with van der Waals surface area (Å²) in [6.07, 6.45) is 2.88. The predicted molar refractivity (Wildman–Crippen MR) is 106 cm³/mol. The molecule has 2 fully saturated rings. The van der Waals surface area contributed by atoms with Crippen LogP contribution in [-0.4, -0.2) is 67.9 Å². The number of likely N-dealkylation sites (N-methyl/N-ethyl adjacent to an activating group) is 1. The molecule has 8 heteroatoms. The first-order valence-electron chi connectivity index (χ1n) is 10.1. The smallest absolute Gasteiger partial charge is 0.410 e. The molecule has 2 unspecified atom stereocenters. The van der Waals surface area contributed by atoms with Gasteiger partial charge in [0.05, 0.1) is 17.9 Å². The van der Waals surface area contributed by atoms with Crippen molar-refractivity contribution in [2.75, 3.05) is 32.0 Å². The fourth-order valence-corrected chi connectivity index (χ4v) is 5.69. The molecule has 156 valence electrons. The van der Waals surface area contributed by atoms with Crippen molar-refractivity contribution >= 4 is 16.1 Å². The maximum absolute atomic E-state index is 12.9. The number of likely N-dealkylation sites (tertiary alicyclic amines) is 1. The lowest BCUT2D eigenvalue weighted by atomic mass is 10.2. The van der Waals surface area contributed by atoms with Gasteiger partial charge in [0.1, 0.15) is 6.61 Å². The van der Waals surface area contributed by atoms with Gasteiger partial charge in [-0.25, -0.2) is 13.2 Å². The van der Waals surface area contributed by atoms with Gasteiger partial charge in [0.25, 0.3) is 0 Å². The van der Waals surface area contributed by atoms with Gasteiger partial charge in [-0.2, -0.15) is 4.31 Å². The Morgan fingerprint density at radius 1 is 1.25 bits per heavy atom. The topological polar surface area (TPSA) is 76.2 Å². The fraction of sp³-hybridized carbons (Fsp3) is 0.650. The van der Waals surface area contributed by atoms with E-state index in [1.165, 1.54) is 4.31 Å². The number of ether oxygens (including phenoxy) is 2. The third-order valence-corrected chi connectivity index (χ3v) is 7.40. The summed E-state index contributed by atoms with van der Waals surface area (Å²) < 4.78 is 38.4. The average Bonchev–Trinajstić information content (AvgIpc) is 3.36. The summed E-state index contributed by atoms with van der Waals surface area (Å²) in [6.45, 7) is 4.07. The molecule has 0 N–H and O–H groups in total. The summed E-state index contributed by atoms with van der Waals surface area (Å²) in [5.41, 5.74) is 0.910. The first kappa shape index (κ1) is 21.1. The molecule has 28 heavy (non-hydrogen) atoms. The molecule has 0 radical (unpaired) electrons. The number of nitrogens with zero attached hydrogens (tertiary/aromatic N) is 2. The highest BCUT2D eigenvalue weighted by Gasteiger charge is 2.36. The number of hydrogen-bond donors (Lipinski definition) is 0. The standard InChI is InChI=1S/C20H30N2O5S/c1-2-21(14-19-11-7-13-26-19)28(24,25)16-18-10-6-12-22(18)20(23)27-15-17-8-4-3-5-9-17/h3-5,8-9,18-19H,2,6-7,10-16H2,1H3. The van der Waals surface area contributed by atoms with Crippen LogP contribution >= 0.6 is 0 Å². The molecule has 2 aliphatic heterocycles. The van der Waals surface area contributed by atoms with Crippen molar-refractivity contribution in [3.05, 3.63) is 35.9 Å². The van der Waals surface area contributed by atoms with Gasteiger partial charge in [0.2, 0.25) is 10.0 Å². The molecule has 1 amide bonds. The normalized spacial score (nSPS) is 22.7. The van der Waals surface area contributed by atoms with Crippen LogP contribution in [0, 0.1) is 0 Å². The first-order chi connectivity index (χ1) is 13.5. The summed E-state index contributed by atoms with van der Waals surface area (Å²) >= 11 is 0. The first-order valence-corrected chi connectivity index (χ1v) is 11.7. The van der Waals surface area contributed by atoms with E-state index >= 15 is 0 Å². The van der Waals surface area contributed by atoms with Crippen LogP contribution in [-0.2, 0) is 26.1 Å². The minimum atomic E-state index is -3.47. The molecule has 2 heterocycles. The van der Waals surface area contributed by atoms with Crippen LogP contribution in [0.5, 0.6) is 0 Å². The Hall–Kier alpha value is -1.64. The molecule has 0 bridgehead atoms. The summed E-state index contributed by atoms with van der Waals surface area (Å²) in [5, 5.41) is 0. The van der Waals surface area contributed by atoms with Crippen molar-refractivity contribution in [2.24, 2.45) is 0 Å². The zero-order valence-electron chi connectivity index (χ0n) is 16.5. The van der Waals surface area contributed by atoms with E-state index in [4.69, 9.17) is 9.47 Å². The second kappa shape index (κ2) is 9.71. The Kier molecular flexibility index (Phi) is 7.31. The molecule has 0 aromatic heterocycles. The van der Waals surface area contributed by atoms with Gasteiger partial charge in [-0.3, -0.25) is 0 Å². The molecule has 2 aliphatic rings. The van der Waals surface area contributed by atoms with Crippen LogP contribution in [0.4, 0.5) is 4.79 Å². The lowest BCUT2D eigenvalue weighted by Gasteiger charge is -2.28. The average molecular weight is 411 g/mol. The monoisotopic (exact) mass is 410 g/mol. The third-order valence-electron chi connectivity index (χ3n) is 5.40. The highest BCUT2D eigenvalue weighted by molar-refractivity contribution is 7.89. The molecule has 3 rings (SSSR count). The van der Waals surface area contributed by atoms with E-state index in [1.807, 2.05) is 37.3 Å². The van der Waals surface area contributed by atoms with E-state index in [-0.39, 0.29) is 24.5 Å². The van der Waals surface area contributed by atoms with Crippen molar-refractivity contribution in [2.45, 2.75) is 51.4 Å². The molecular formula is C20H30N2O5S. The Labute approximate surface area is 167 Å². The Bertz CT molecular complexity index is 734. The maximum atomic E-state index is 12.9. The molecule has 0 spiro atoms. The van der Waals surface area contributed by atoms with Crippen molar-refractivity contribution in [1.29, 1.82) is 0 Å². The number of amides is 1. The number of hydrogen-bond acceptors (Lipinski definition) is 5. The van der Waals surface area contributed by atoms with Crippen LogP contribution in [0.15, 0.2) is 30.3 Å². The quantitative estimate of drug-likeness (QED) is 0.658. The lowest BCUT2D eigenvalue weighted by molar-refractivity contribution is 0.0918. The number of carbonyl (C=O) groups is 1. The summed E-state index contributed by atoms with van der Waals surface area (Å²) in [4.78, 5) is 14.1. The Morgan fingerprint density at radius 3 is 2.71 bits per heavy atom. The molecular weight excluding hydrogens is 380 g/mol. The number of carbonyl (C=O) groups excluding carboxylic acids is 1. The molecule has 2 saturated heterocycles. The largest absolute Gasteiger partial charge is 0.445 e. The predicted octanol–water partition coefficient (Wildman–Crippen LogP) is 2.62. The fourth-order valence-electron chi connectivity index (χ4n) is 3.85. The number of rotatable bonds is 8. The third kappa shape index (κ3) is 5.46. The van der Waals surface area contributed by atoms with Crippen LogP contribution < -0.4 is 0 Å². The van der Waals surface area contributed by atoms with Crippen LogP contribution in [0.1, 0.15) is 38.2 Å². The van der Waals surface area contributed by atoms with Gasteiger partial charge < -0.3 is 14.4 Å². The molecule has 0 saturated carbocycles. The summed E-state index contributed by atoms with van der Waals surface area (Å²) in [7, 11) is -3.47. The van der Waals surface area contributed by atoms with Crippen LogP contribution in [0.25, 0.3) is 0 Å². The van der Waals surface area contributed by atoms with E-state index in [1.54, 1.807) is 4.90 Å². The van der Waals surface area contributed by atoms with Crippen LogP contribution in [0.3, 0.4) is 0 Å². The van der Waals surface area contributed by atoms with Gasteiger partial charge in [-0.15, -0.1) is 0 Å². The molecule has 1 aromatic carbocycles. The second-order valence-corrected chi connectivity index (χ2v) is 9.41. The minimum Gasteiger partial charge on any atom is -0.445 e. The van der Waals surface area contributed by atoms with Crippen molar-refractivity contribution < 1.29 is 22.7 Å². The van der Waals surface area contributed by atoms with Gasteiger partial charge in [-0.05, 0) is 31.2 Å². The Balaban J connectivity index is 1.57. The molecule has 7 nitrogen and oxygen atoms in total. The molecule has 1 aromatic rings. The van der Waals surface area contributed by atoms with Gasteiger partial charge in [0, 0.05) is 26.2 Å². The van der Waals surface area contributed by atoms with E-state index in [2.05, 4.69) is 0 Å². The Morgan fingerprint density at radius 2 is 2.04 bits per heavy atom. The SMILES string of the molecule is CCN(CC1CCCO1)S(=O)(=O)CC1CCCN1C(=O)OCc1ccccc1.